The molecule has 0 aliphatic carbocycles. The van der Waals surface area contributed by atoms with Crippen molar-refractivity contribution in [3.8, 4) is 17.2 Å². The first-order valence-corrected chi connectivity index (χ1v) is 33.2. The lowest BCUT2D eigenvalue weighted by Crippen LogP contribution is -2.60. The molecule has 6 nitrogen and oxygen atoms in total. The largest absolute Gasteiger partial charge is 0.436 e. The summed E-state index contributed by atoms with van der Waals surface area (Å²) in [5, 5.41) is 9.06. The predicted octanol–water partition coefficient (Wildman–Crippen LogP) is 9.80. The van der Waals surface area contributed by atoms with Crippen LogP contribution in [0.25, 0.3) is 11.1 Å². The first-order valence-electron chi connectivity index (χ1n) is 15.7. The highest BCUT2D eigenvalue weighted by Crippen LogP contribution is 2.30. The molecule has 0 bridgehead atoms. The van der Waals surface area contributed by atoms with Crippen LogP contribution >= 0.6 is 0 Å². The van der Waals surface area contributed by atoms with Gasteiger partial charge in [0.2, 0.25) is 0 Å². The van der Waals surface area contributed by atoms with Gasteiger partial charge in [0.25, 0.3) is 0 Å². The summed E-state index contributed by atoms with van der Waals surface area (Å²) in [5.41, 5.74) is 4.19. The summed E-state index contributed by atoms with van der Waals surface area (Å²) in [4.78, 5) is 0. The molecule has 0 N–H and O–H groups in total. The van der Waals surface area contributed by atoms with Crippen molar-refractivity contribution in [3.63, 3.8) is 0 Å². The smallest absolute Gasteiger partial charge is 0.314 e. The maximum Gasteiger partial charge on any atom is 0.314 e. The highest BCUT2D eigenvalue weighted by Gasteiger charge is 2.47. The SMILES string of the molecule is CCCCC[Si](C)(C)O[Si](C)(C)O[Si](C)(C)O[Si](C)(C)O[Si](C)(C)O[Si](C)(C)Cc1ccc(-c2ccc(C#N)cc2)cc1. The van der Waals surface area contributed by atoms with Crippen molar-refractivity contribution in [1.82, 2.24) is 0 Å². The zero-order valence-electron chi connectivity index (χ0n) is 29.1. The molecular formula is C31H57NO5Si6. The van der Waals surface area contributed by atoms with E-state index < -0.39 is 50.9 Å². The van der Waals surface area contributed by atoms with E-state index in [0.29, 0.717) is 5.56 Å². The first kappa shape index (κ1) is 38.2. The molecule has 0 aromatic heterocycles. The summed E-state index contributed by atoms with van der Waals surface area (Å²) in [5.74, 6) is 0. The molecular weight excluding hydrogens is 635 g/mol. The molecule has 0 aliphatic rings. The molecule has 2 aromatic rings. The van der Waals surface area contributed by atoms with E-state index in [9.17, 15) is 0 Å². The van der Waals surface area contributed by atoms with Gasteiger partial charge in [-0.25, -0.2) is 0 Å². The van der Waals surface area contributed by atoms with Crippen molar-refractivity contribution < 1.29 is 20.6 Å². The zero-order valence-corrected chi connectivity index (χ0v) is 35.1. The number of rotatable bonds is 17. The Morgan fingerprint density at radius 3 is 1.35 bits per heavy atom. The molecule has 0 spiro atoms. The molecule has 0 amide bonds. The standard InChI is InChI=1S/C31H57NO5Si6/c1-14-15-16-25-38(2,3)33-40(6,7)35-42(10,11)37-43(12,13)36-41(8,9)34-39(4,5)27-29-19-23-31(24-20-29)30-21-17-28(26-32)18-22-30/h17-24H,14-16,25,27H2,1-13H3. The summed E-state index contributed by atoms with van der Waals surface area (Å²) in [6, 6.07) is 20.7. The third-order valence-electron chi connectivity index (χ3n) is 6.83. The topological polar surface area (TPSA) is 69.9 Å². The monoisotopic (exact) mass is 691 g/mol. The van der Waals surface area contributed by atoms with Gasteiger partial charge in [-0.15, -0.1) is 0 Å². The third kappa shape index (κ3) is 14.3. The number of hydrogen-bond acceptors (Lipinski definition) is 6. The van der Waals surface area contributed by atoms with Gasteiger partial charge in [0.15, 0.2) is 16.6 Å². The molecule has 240 valence electrons. The molecule has 0 aliphatic heterocycles. The van der Waals surface area contributed by atoms with Gasteiger partial charge in [-0.3, -0.25) is 0 Å². The van der Waals surface area contributed by atoms with Crippen molar-refractivity contribution in [2.75, 3.05) is 0 Å². The van der Waals surface area contributed by atoms with Crippen LogP contribution in [-0.2, 0) is 26.6 Å². The van der Waals surface area contributed by atoms with E-state index in [-0.39, 0.29) is 0 Å². The molecule has 12 heteroatoms. The number of benzene rings is 2. The van der Waals surface area contributed by atoms with Crippen LogP contribution < -0.4 is 0 Å². The fourth-order valence-electron chi connectivity index (χ4n) is 6.12. The summed E-state index contributed by atoms with van der Waals surface area (Å²) in [6.45, 7) is 28.6. The fourth-order valence-corrected chi connectivity index (χ4v) is 36.2. The van der Waals surface area contributed by atoms with Gasteiger partial charge in [-0.05, 0) is 119 Å². The molecule has 0 heterocycles. The van der Waals surface area contributed by atoms with Crippen LogP contribution in [0.5, 0.6) is 0 Å². The molecule has 0 radical (unpaired) electrons. The van der Waals surface area contributed by atoms with E-state index in [0.717, 1.165) is 17.2 Å². The average Bonchev–Trinajstić information content (AvgIpc) is 2.80. The minimum absolute atomic E-state index is 0.674. The molecule has 0 saturated heterocycles. The van der Waals surface area contributed by atoms with Crippen molar-refractivity contribution in [3.05, 3.63) is 59.7 Å². The molecule has 0 saturated carbocycles. The van der Waals surface area contributed by atoms with E-state index in [2.05, 4.69) is 116 Å². The molecule has 0 fully saturated rings. The van der Waals surface area contributed by atoms with Gasteiger partial charge >= 0.3 is 34.2 Å². The molecule has 2 rings (SSSR count). The van der Waals surface area contributed by atoms with Gasteiger partial charge < -0.3 is 20.6 Å². The van der Waals surface area contributed by atoms with Crippen LogP contribution in [-0.4, -0.2) is 50.9 Å². The zero-order chi connectivity index (χ0) is 32.7. The van der Waals surface area contributed by atoms with E-state index in [4.69, 9.17) is 25.8 Å². The van der Waals surface area contributed by atoms with Gasteiger partial charge in [0, 0.05) is 0 Å². The maximum absolute atomic E-state index is 9.06. The Hall–Kier alpha value is -0.969. The first-order chi connectivity index (χ1) is 19.6. The second-order valence-electron chi connectivity index (χ2n) is 14.6. The van der Waals surface area contributed by atoms with Gasteiger partial charge in [-0.1, -0.05) is 62.6 Å². The highest BCUT2D eigenvalue weighted by molar-refractivity contribution is 6.91. The number of nitrogens with zero attached hydrogens (tertiary/aromatic N) is 1. The average molecular weight is 692 g/mol. The fraction of sp³-hybridized carbons (Fsp3) is 0.581. The van der Waals surface area contributed by atoms with Crippen LogP contribution in [0.15, 0.2) is 48.5 Å². The number of hydrogen-bond donors (Lipinski definition) is 0. The van der Waals surface area contributed by atoms with E-state index in [1.165, 1.54) is 30.9 Å². The number of nitriles is 1. The summed E-state index contributed by atoms with van der Waals surface area (Å²) >= 11 is 0. The van der Waals surface area contributed by atoms with Gasteiger partial charge in [-0.2, -0.15) is 5.26 Å². The van der Waals surface area contributed by atoms with Crippen molar-refractivity contribution >= 4 is 50.9 Å². The summed E-state index contributed by atoms with van der Waals surface area (Å²) in [6.07, 6.45) is 3.72. The summed E-state index contributed by atoms with van der Waals surface area (Å²) < 4.78 is 33.9. The second kappa shape index (κ2) is 15.1. The predicted molar refractivity (Wildman–Crippen MR) is 195 cm³/mol. The van der Waals surface area contributed by atoms with E-state index in [1.54, 1.807) is 0 Å². The Bertz CT molecular complexity index is 1210. The lowest BCUT2D eigenvalue weighted by Gasteiger charge is -2.43. The molecule has 0 atom stereocenters. The van der Waals surface area contributed by atoms with E-state index >= 15 is 0 Å². The van der Waals surface area contributed by atoms with Crippen molar-refractivity contribution in [2.45, 2.75) is 117 Å². The van der Waals surface area contributed by atoms with Gasteiger partial charge in [0.05, 0.1) is 11.6 Å². The Kier molecular flexibility index (Phi) is 13.4. The third-order valence-corrected chi connectivity index (χ3v) is 29.8. The van der Waals surface area contributed by atoms with Crippen LogP contribution in [0.2, 0.25) is 84.6 Å². The number of unbranched alkanes of at least 4 members (excludes halogenated alkanes) is 2. The summed E-state index contributed by atoms with van der Waals surface area (Å²) in [7, 11) is -13.8. The molecule has 2 aromatic carbocycles. The van der Waals surface area contributed by atoms with Crippen LogP contribution in [0.1, 0.15) is 37.3 Å². The minimum Gasteiger partial charge on any atom is -0.436 e. The van der Waals surface area contributed by atoms with Crippen LogP contribution in [0.4, 0.5) is 0 Å². The molecule has 43 heavy (non-hydrogen) atoms. The lowest BCUT2D eigenvalue weighted by atomic mass is 10.0. The Labute approximate surface area is 269 Å². The van der Waals surface area contributed by atoms with E-state index in [1.807, 2.05) is 24.3 Å². The highest BCUT2D eigenvalue weighted by atomic mass is 28.5. The lowest BCUT2D eigenvalue weighted by molar-refractivity contribution is 0.281. The van der Waals surface area contributed by atoms with Crippen molar-refractivity contribution in [2.24, 2.45) is 0 Å². The normalized spacial score (nSPS) is 13.7. The Morgan fingerprint density at radius 2 is 0.930 bits per heavy atom. The van der Waals surface area contributed by atoms with Crippen molar-refractivity contribution in [1.29, 1.82) is 5.26 Å². The van der Waals surface area contributed by atoms with Crippen LogP contribution in [0.3, 0.4) is 0 Å². The van der Waals surface area contributed by atoms with Gasteiger partial charge in [0.1, 0.15) is 0 Å². The molecule has 0 unspecified atom stereocenters. The van der Waals surface area contributed by atoms with Crippen LogP contribution in [0, 0.1) is 11.3 Å². The quantitative estimate of drug-likeness (QED) is 0.122. The Balaban J connectivity index is 2.00. The second-order valence-corrected chi connectivity index (χ2v) is 37.8. The Morgan fingerprint density at radius 1 is 0.535 bits per heavy atom. The minimum atomic E-state index is -2.55. The maximum atomic E-state index is 9.06.